The number of carbonyl (C=O) groups excluding carboxylic acids is 1. The average Bonchev–Trinajstić information content (AvgIpc) is 2.89. The molecule has 13 atom stereocenters. The number of carbonyl (C=O) groups is 1. The molecule has 0 spiro atoms. The Bertz CT molecular complexity index is 805. The number of halogens is 2. The van der Waals surface area contributed by atoms with E-state index in [0.717, 1.165) is 0 Å². The minimum Gasteiger partial charge on any atom is -0.394 e. The Labute approximate surface area is 224 Å². The Balaban J connectivity index is 1.89. The molecule has 1 amide bonds. The van der Waals surface area contributed by atoms with E-state index in [0.29, 0.717) is 12.8 Å². The molecule has 39 heavy (non-hydrogen) atoms. The van der Waals surface area contributed by atoms with Crippen molar-refractivity contribution >= 4 is 5.91 Å². The van der Waals surface area contributed by atoms with E-state index < -0.39 is 97.9 Å². The molecule has 2 aliphatic heterocycles. The van der Waals surface area contributed by atoms with E-state index in [4.69, 9.17) is 47.6 Å². The van der Waals surface area contributed by atoms with Gasteiger partial charge in [-0.1, -0.05) is 0 Å². The summed E-state index contributed by atoms with van der Waals surface area (Å²) in [6, 6.07) is -5.02. The fraction of sp³-hybridized carbons (Fsp3) is 0.955. The molecule has 3 rings (SSSR count). The summed E-state index contributed by atoms with van der Waals surface area (Å²) < 4.78 is 54.5. The van der Waals surface area contributed by atoms with Crippen molar-refractivity contribution in [2.24, 2.45) is 28.7 Å². The van der Waals surface area contributed by atoms with Crippen molar-refractivity contribution in [2.45, 2.75) is 111 Å². The fourth-order valence-electron chi connectivity index (χ4n) is 5.03. The summed E-state index contributed by atoms with van der Waals surface area (Å²) in [4.78, 5) is 12.5. The summed E-state index contributed by atoms with van der Waals surface area (Å²) in [7, 11) is 0. The molecule has 0 aromatic heterocycles. The highest BCUT2D eigenvalue weighted by molar-refractivity contribution is 5.80. The molecule has 17 heteroatoms. The zero-order chi connectivity index (χ0) is 29.1. The maximum Gasteiger partial charge on any atom is 0.302 e. The van der Waals surface area contributed by atoms with Crippen LogP contribution in [0, 0.1) is 0 Å². The average molecular weight is 573 g/mol. The summed E-state index contributed by atoms with van der Waals surface area (Å²) in [5.41, 5.74) is 29.0. The molecule has 2 saturated heterocycles. The second kappa shape index (κ2) is 13.6. The van der Waals surface area contributed by atoms with Gasteiger partial charge in [-0.05, 0) is 32.2 Å². The van der Waals surface area contributed by atoms with Gasteiger partial charge in [0.15, 0.2) is 12.6 Å². The molecule has 0 aromatic carbocycles. The highest BCUT2D eigenvalue weighted by Gasteiger charge is 2.61. The number of amides is 1. The quantitative estimate of drug-likeness (QED) is 0.117. The molecular formula is C22H42F2N6O9. The Morgan fingerprint density at radius 3 is 2.31 bits per heavy atom. The molecule has 228 valence electrons. The SMILES string of the molecule is NCC[C@H](O)C(=O)N[C@@H]1C[C@H](N)[C@@H](O[C@H]2O[C@H](CN)CC[C@H]2N)C(F)(F)[C@H]1O[C@H]1O[C@H](CO)[C@@H](O)[C@H](N)[C@H]1O. The molecule has 3 fully saturated rings. The van der Waals surface area contributed by atoms with E-state index in [1.165, 1.54) is 0 Å². The standard InChI is InChI=1S/C22H42F2N6O9/c23-22(24)17(38-20-9(27)2-1-8(6-26)36-20)10(28)5-11(30-19(35)12(32)3-4-25)18(22)39-21-16(34)14(29)15(33)13(7-31)37-21/h8-18,20-21,31-34H,1-7,25-29H2,(H,30,35)/t8-,9+,10-,11+,12-,13+,14-,15+,16+,17+,18-,20+,21+/m0/s1. The lowest BCUT2D eigenvalue weighted by Gasteiger charge is -2.49. The van der Waals surface area contributed by atoms with Gasteiger partial charge >= 0.3 is 5.92 Å². The van der Waals surface area contributed by atoms with Crippen LogP contribution in [0.2, 0.25) is 0 Å². The summed E-state index contributed by atoms with van der Waals surface area (Å²) in [5, 5.41) is 42.5. The summed E-state index contributed by atoms with van der Waals surface area (Å²) in [6.45, 7) is -0.662. The lowest BCUT2D eigenvalue weighted by atomic mass is 9.82. The van der Waals surface area contributed by atoms with E-state index in [9.17, 15) is 25.2 Å². The Hall–Kier alpha value is -1.19. The number of hydrogen-bond acceptors (Lipinski definition) is 14. The number of aliphatic hydroxyl groups is 4. The van der Waals surface area contributed by atoms with Crippen molar-refractivity contribution in [2.75, 3.05) is 19.7 Å². The summed E-state index contributed by atoms with van der Waals surface area (Å²) in [5.74, 6) is -4.94. The zero-order valence-corrected chi connectivity index (χ0v) is 21.4. The van der Waals surface area contributed by atoms with Gasteiger partial charge in [0.25, 0.3) is 0 Å². The lowest BCUT2D eigenvalue weighted by Crippen LogP contribution is -2.71. The number of rotatable bonds is 10. The van der Waals surface area contributed by atoms with Crippen molar-refractivity contribution < 1.29 is 52.9 Å². The molecule has 1 aliphatic carbocycles. The van der Waals surface area contributed by atoms with Crippen molar-refractivity contribution in [3.8, 4) is 0 Å². The first kappa shape index (κ1) is 32.3. The molecule has 15 nitrogen and oxygen atoms in total. The first-order valence-corrected chi connectivity index (χ1v) is 13.0. The van der Waals surface area contributed by atoms with E-state index in [1.807, 2.05) is 0 Å². The predicted octanol–water partition coefficient (Wildman–Crippen LogP) is -5.12. The first-order valence-electron chi connectivity index (χ1n) is 13.0. The van der Waals surface area contributed by atoms with Crippen LogP contribution < -0.4 is 34.0 Å². The maximum atomic E-state index is 16.2. The van der Waals surface area contributed by atoms with Gasteiger partial charge in [-0.15, -0.1) is 0 Å². The number of nitrogens with two attached hydrogens (primary N) is 5. The van der Waals surface area contributed by atoms with Gasteiger partial charge in [-0.2, -0.15) is 0 Å². The number of nitrogens with one attached hydrogen (secondary N) is 1. The summed E-state index contributed by atoms with van der Waals surface area (Å²) >= 11 is 0. The van der Waals surface area contributed by atoms with Crippen LogP contribution in [0.25, 0.3) is 0 Å². The third-order valence-electron chi connectivity index (χ3n) is 7.37. The molecule has 0 unspecified atom stereocenters. The van der Waals surface area contributed by atoms with E-state index in [-0.39, 0.29) is 25.9 Å². The fourth-order valence-corrected chi connectivity index (χ4v) is 5.03. The largest absolute Gasteiger partial charge is 0.394 e. The monoisotopic (exact) mass is 572 g/mol. The number of hydrogen-bond donors (Lipinski definition) is 10. The van der Waals surface area contributed by atoms with Crippen LogP contribution in [0.15, 0.2) is 0 Å². The maximum absolute atomic E-state index is 16.2. The first-order chi connectivity index (χ1) is 18.3. The van der Waals surface area contributed by atoms with Gasteiger partial charge < -0.3 is 73.4 Å². The van der Waals surface area contributed by atoms with E-state index in [2.05, 4.69) is 5.32 Å². The van der Waals surface area contributed by atoms with E-state index in [1.54, 1.807) is 0 Å². The van der Waals surface area contributed by atoms with Crippen LogP contribution in [-0.4, -0.2) is 131 Å². The predicted molar refractivity (Wildman–Crippen MR) is 130 cm³/mol. The molecule has 3 aliphatic rings. The highest BCUT2D eigenvalue weighted by Crippen LogP contribution is 2.40. The Morgan fingerprint density at radius 2 is 1.69 bits per heavy atom. The number of ether oxygens (including phenoxy) is 4. The lowest BCUT2D eigenvalue weighted by molar-refractivity contribution is -0.342. The van der Waals surface area contributed by atoms with Crippen LogP contribution in [0.5, 0.6) is 0 Å². The van der Waals surface area contributed by atoms with Crippen LogP contribution >= 0.6 is 0 Å². The third-order valence-corrected chi connectivity index (χ3v) is 7.37. The van der Waals surface area contributed by atoms with Crippen molar-refractivity contribution in [1.82, 2.24) is 5.32 Å². The van der Waals surface area contributed by atoms with Crippen LogP contribution in [0.4, 0.5) is 8.78 Å². The van der Waals surface area contributed by atoms with Crippen LogP contribution in [0.1, 0.15) is 25.7 Å². The molecular weight excluding hydrogens is 530 g/mol. The Kier molecular flexibility index (Phi) is 11.3. The normalized spacial score (nSPS) is 43.6. The van der Waals surface area contributed by atoms with Gasteiger partial charge in [-0.25, -0.2) is 8.78 Å². The Morgan fingerprint density at radius 1 is 1.03 bits per heavy atom. The summed E-state index contributed by atoms with van der Waals surface area (Å²) in [6.07, 6.45) is -13.6. The molecule has 2 heterocycles. The molecule has 0 aromatic rings. The molecule has 1 saturated carbocycles. The molecule has 0 bridgehead atoms. The molecule has 0 radical (unpaired) electrons. The minimum atomic E-state index is -3.95. The number of aliphatic hydroxyl groups excluding tert-OH is 4. The smallest absolute Gasteiger partial charge is 0.302 e. The topological polar surface area (TPSA) is 277 Å². The van der Waals surface area contributed by atoms with Gasteiger partial charge in [0.05, 0.1) is 30.8 Å². The van der Waals surface area contributed by atoms with Crippen LogP contribution in [0.3, 0.4) is 0 Å². The van der Waals surface area contributed by atoms with Gasteiger partial charge in [0.1, 0.15) is 36.6 Å². The molecule has 15 N–H and O–H groups in total. The minimum absolute atomic E-state index is 0.0406. The van der Waals surface area contributed by atoms with Crippen LogP contribution in [-0.2, 0) is 23.7 Å². The van der Waals surface area contributed by atoms with Gasteiger partial charge in [-0.3, -0.25) is 4.79 Å². The van der Waals surface area contributed by atoms with Gasteiger partial charge in [0, 0.05) is 12.6 Å². The van der Waals surface area contributed by atoms with E-state index >= 15 is 8.78 Å². The van der Waals surface area contributed by atoms with Crippen molar-refractivity contribution in [3.63, 3.8) is 0 Å². The third kappa shape index (κ3) is 7.18. The second-order valence-electron chi connectivity index (χ2n) is 10.3. The van der Waals surface area contributed by atoms with Crippen molar-refractivity contribution in [3.05, 3.63) is 0 Å². The van der Waals surface area contributed by atoms with Crippen molar-refractivity contribution in [1.29, 1.82) is 0 Å². The zero-order valence-electron chi connectivity index (χ0n) is 21.4. The number of alkyl halides is 2. The second-order valence-corrected chi connectivity index (χ2v) is 10.3. The highest BCUT2D eigenvalue weighted by atomic mass is 19.3. The van der Waals surface area contributed by atoms with Gasteiger partial charge in [0.2, 0.25) is 5.91 Å².